The van der Waals surface area contributed by atoms with Crippen molar-refractivity contribution in [3.63, 3.8) is 0 Å². The Balaban J connectivity index is 2.47. The van der Waals surface area contributed by atoms with Crippen LogP contribution >= 0.6 is 34.5 Å². The van der Waals surface area contributed by atoms with Crippen molar-refractivity contribution in [1.82, 2.24) is 4.57 Å². The fraction of sp³-hybridized carbons (Fsp3) is 0.118. The summed E-state index contributed by atoms with van der Waals surface area (Å²) >= 11 is 13.3. The molecular weight excluding hydrogens is 375 g/mol. The van der Waals surface area contributed by atoms with Crippen LogP contribution in [-0.4, -0.2) is 4.57 Å². The Labute approximate surface area is 150 Å². The van der Waals surface area contributed by atoms with E-state index < -0.39 is 17.2 Å². The fourth-order valence-corrected chi connectivity index (χ4v) is 3.85. The van der Waals surface area contributed by atoms with Gasteiger partial charge in [0, 0.05) is 17.0 Å². The third kappa shape index (κ3) is 2.88. The first-order valence-electron chi connectivity index (χ1n) is 7.07. The summed E-state index contributed by atoms with van der Waals surface area (Å²) in [6.45, 7) is 1.93. The van der Waals surface area contributed by atoms with Gasteiger partial charge in [-0.15, -0.1) is 11.3 Å². The highest BCUT2D eigenvalue weighted by Crippen LogP contribution is 2.39. The lowest BCUT2D eigenvalue weighted by Crippen LogP contribution is -2.22. The van der Waals surface area contributed by atoms with Crippen molar-refractivity contribution in [2.75, 3.05) is 0 Å². The molecule has 1 aromatic carbocycles. The second-order valence-corrected chi connectivity index (χ2v) is 7.13. The van der Waals surface area contributed by atoms with E-state index >= 15 is 0 Å². The van der Waals surface area contributed by atoms with Crippen LogP contribution in [0.25, 0.3) is 21.7 Å². The van der Waals surface area contributed by atoms with Gasteiger partial charge < -0.3 is 4.57 Å². The number of thiophene rings is 1. The standard InChI is InChI=1S/C17H11Cl2F2NOS/c1-2-22-16(15-11(20)4-3-5-12(15)21)9(8-10(18)17(22)23)13-6-7-14(19)24-13/h3-8H,2H2,1H3. The van der Waals surface area contributed by atoms with Crippen LogP contribution < -0.4 is 5.56 Å². The van der Waals surface area contributed by atoms with E-state index in [4.69, 9.17) is 23.2 Å². The van der Waals surface area contributed by atoms with Crippen molar-refractivity contribution in [3.05, 3.63) is 67.7 Å². The lowest BCUT2D eigenvalue weighted by molar-refractivity contribution is 0.584. The molecule has 2 heterocycles. The van der Waals surface area contributed by atoms with Gasteiger partial charge in [-0.25, -0.2) is 8.78 Å². The SMILES string of the molecule is CCn1c(-c2c(F)cccc2F)c(-c2ccc(Cl)s2)cc(Cl)c1=O. The van der Waals surface area contributed by atoms with Crippen LogP contribution in [0, 0.1) is 11.6 Å². The monoisotopic (exact) mass is 385 g/mol. The third-order valence-electron chi connectivity index (χ3n) is 3.60. The van der Waals surface area contributed by atoms with Crippen molar-refractivity contribution < 1.29 is 8.78 Å². The van der Waals surface area contributed by atoms with Crippen LogP contribution in [0.4, 0.5) is 8.78 Å². The van der Waals surface area contributed by atoms with Gasteiger partial charge >= 0.3 is 0 Å². The van der Waals surface area contributed by atoms with Crippen molar-refractivity contribution in [1.29, 1.82) is 0 Å². The topological polar surface area (TPSA) is 22.0 Å². The highest BCUT2D eigenvalue weighted by Gasteiger charge is 2.22. The van der Waals surface area contributed by atoms with E-state index in [0.29, 0.717) is 14.8 Å². The third-order valence-corrected chi connectivity index (χ3v) is 5.14. The maximum atomic E-state index is 14.4. The summed E-state index contributed by atoms with van der Waals surface area (Å²) < 4.78 is 30.5. The molecule has 3 rings (SSSR count). The summed E-state index contributed by atoms with van der Waals surface area (Å²) in [6, 6.07) is 8.43. The van der Waals surface area contributed by atoms with Gasteiger partial charge in [-0.05, 0) is 37.3 Å². The van der Waals surface area contributed by atoms with Gasteiger partial charge in [0.05, 0.1) is 15.6 Å². The molecule has 3 aromatic rings. The molecule has 0 amide bonds. The fourth-order valence-electron chi connectivity index (χ4n) is 2.57. The predicted molar refractivity (Wildman–Crippen MR) is 95.1 cm³/mol. The van der Waals surface area contributed by atoms with Gasteiger partial charge in [0.25, 0.3) is 5.56 Å². The van der Waals surface area contributed by atoms with E-state index in [-0.39, 0.29) is 22.8 Å². The zero-order chi connectivity index (χ0) is 17.4. The van der Waals surface area contributed by atoms with E-state index in [1.54, 1.807) is 19.1 Å². The Bertz CT molecular complexity index is 961. The van der Waals surface area contributed by atoms with Crippen molar-refractivity contribution in [2.45, 2.75) is 13.5 Å². The number of hydrogen-bond acceptors (Lipinski definition) is 2. The molecule has 0 saturated carbocycles. The molecule has 0 unspecified atom stereocenters. The van der Waals surface area contributed by atoms with E-state index in [9.17, 15) is 13.6 Å². The van der Waals surface area contributed by atoms with E-state index in [1.807, 2.05) is 0 Å². The first-order chi connectivity index (χ1) is 11.4. The molecule has 0 radical (unpaired) electrons. The van der Waals surface area contributed by atoms with Crippen LogP contribution in [0.5, 0.6) is 0 Å². The van der Waals surface area contributed by atoms with Crippen LogP contribution in [0.15, 0.2) is 41.2 Å². The minimum Gasteiger partial charge on any atom is -0.306 e. The summed E-state index contributed by atoms with van der Waals surface area (Å²) in [5.74, 6) is -1.49. The van der Waals surface area contributed by atoms with Crippen LogP contribution in [0.1, 0.15) is 6.92 Å². The lowest BCUT2D eigenvalue weighted by atomic mass is 10.0. The minimum absolute atomic E-state index is 0.0168. The second kappa shape index (κ2) is 6.67. The molecular formula is C17H11Cl2F2NOS. The summed E-state index contributed by atoms with van der Waals surface area (Å²) in [5.41, 5.74) is -0.140. The van der Waals surface area contributed by atoms with Gasteiger partial charge in [0.1, 0.15) is 16.7 Å². The Kier molecular flexibility index (Phi) is 4.76. The molecule has 0 aliphatic carbocycles. The predicted octanol–water partition coefficient (Wildman–Crippen LogP) is 5.85. The summed E-state index contributed by atoms with van der Waals surface area (Å²) in [5, 5.41) is -0.0168. The quantitative estimate of drug-likeness (QED) is 0.554. The summed E-state index contributed by atoms with van der Waals surface area (Å²) in [6.07, 6.45) is 0. The molecule has 7 heteroatoms. The Morgan fingerprint density at radius 1 is 1.12 bits per heavy atom. The summed E-state index contributed by atoms with van der Waals surface area (Å²) in [7, 11) is 0. The van der Waals surface area contributed by atoms with Gasteiger partial charge in [0.15, 0.2) is 0 Å². The molecule has 0 saturated heterocycles. The lowest BCUT2D eigenvalue weighted by Gasteiger charge is -2.17. The number of hydrogen-bond donors (Lipinski definition) is 0. The molecule has 0 bridgehead atoms. The number of nitrogens with zero attached hydrogens (tertiary/aromatic N) is 1. The van der Waals surface area contributed by atoms with Gasteiger partial charge in [-0.3, -0.25) is 4.79 Å². The Morgan fingerprint density at radius 2 is 1.79 bits per heavy atom. The molecule has 0 N–H and O–H groups in total. The first kappa shape index (κ1) is 17.1. The molecule has 0 spiro atoms. The van der Waals surface area contributed by atoms with Gasteiger partial charge in [-0.1, -0.05) is 29.3 Å². The van der Waals surface area contributed by atoms with E-state index in [0.717, 1.165) is 12.1 Å². The molecule has 2 nitrogen and oxygen atoms in total. The highest BCUT2D eigenvalue weighted by molar-refractivity contribution is 7.19. The molecule has 2 aromatic heterocycles. The van der Waals surface area contributed by atoms with Crippen molar-refractivity contribution in [2.24, 2.45) is 0 Å². The molecule has 0 aliphatic rings. The van der Waals surface area contributed by atoms with E-state index in [1.165, 1.54) is 28.0 Å². The van der Waals surface area contributed by atoms with Crippen LogP contribution in [-0.2, 0) is 6.54 Å². The molecule has 24 heavy (non-hydrogen) atoms. The average molecular weight is 386 g/mol. The number of aromatic nitrogens is 1. The number of halogens is 4. The molecule has 0 aliphatic heterocycles. The smallest absolute Gasteiger partial charge is 0.269 e. The van der Waals surface area contributed by atoms with Crippen molar-refractivity contribution in [3.8, 4) is 21.7 Å². The largest absolute Gasteiger partial charge is 0.306 e. The highest BCUT2D eigenvalue weighted by atomic mass is 35.5. The zero-order valence-electron chi connectivity index (χ0n) is 12.4. The van der Waals surface area contributed by atoms with Crippen LogP contribution in [0.2, 0.25) is 9.36 Å². The van der Waals surface area contributed by atoms with E-state index in [2.05, 4.69) is 0 Å². The normalized spacial score (nSPS) is 11.0. The van der Waals surface area contributed by atoms with Gasteiger partial charge in [0.2, 0.25) is 0 Å². The molecule has 124 valence electrons. The number of rotatable bonds is 3. The second-order valence-electron chi connectivity index (χ2n) is 5.00. The molecule has 0 atom stereocenters. The van der Waals surface area contributed by atoms with Crippen molar-refractivity contribution >= 4 is 34.5 Å². The first-order valence-corrected chi connectivity index (χ1v) is 8.64. The number of benzene rings is 1. The Morgan fingerprint density at radius 3 is 2.33 bits per heavy atom. The van der Waals surface area contributed by atoms with Crippen LogP contribution in [0.3, 0.4) is 0 Å². The zero-order valence-corrected chi connectivity index (χ0v) is 14.8. The maximum Gasteiger partial charge on any atom is 0.269 e. The van der Waals surface area contributed by atoms with Gasteiger partial charge in [-0.2, -0.15) is 0 Å². The Hall–Kier alpha value is -1.69. The minimum atomic E-state index is -0.747. The molecule has 0 fully saturated rings. The maximum absolute atomic E-state index is 14.4. The number of pyridine rings is 1. The average Bonchev–Trinajstić information content (AvgIpc) is 2.97. The summed E-state index contributed by atoms with van der Waals surface area (Å²) in [4.78, 5) is 13.0.